The zero-order chi connectivity index (χ0) is 29.9. The highest BCUT2D eigenvalue weighted by atomic mass is 15.3. The lowest BCUT2D eigenvalue weighted by atomic mass is 9.74. The standard InChI is InChI=1S/C39H26N6/c1-39(2)27-17-7-11-21-31(27)45(32-22-12-8-18-28(32)39)38-41-35-26-16-4-3-15-25(26)34-33(35)36(43-38)42-37(40-34)44-29-19-9-5-13-23(29)24-14-6-10-20-30(24)44/h3-22H,1-2H3. The summed E-state index contributed by atoms with van der Waals surface area (Å²) in [6, 6.07) is 42.4. The Kier molecular flexibility index (Phi) is 4.70. The van der Waals surface area contributed by atoms with Crippen molar-refractivity contribution >= 4 is 50.2 Å². The molecule has 10 rings (SSSR count). The van der Waals surface area contributed by atoms with Gasteiger partial charge in [-0.05, 0) is 35.4 Å². The van der Waals surface area contributed by atoms with Crippen LogP contribution >= 0.6 is 0 Å². The molecule has 0 unspecified atom stereocenters. The van der Waals surface area contributed by atoms with Gasteiger partial charge >= 0.3 is 0 Å². The third kappa shape index (κ3) is 3.18. The highest BCUT2D eigenvalue weighted by Crippen LogP contribution is 2.52. The third-order valence-electron chi connectivity index (χ3n) is 9.59. The summed E-state index contributed by atoms with van der Waals surface area (Å²) in [6.07, 6.45) is 0. The van der Waals surface area contributed by atoms with E-state index in [2.05, 4.69) is 145 Å². The summed E-state index contributed by atoms with van der Waals surface area (Å²) in [6.45, 7) is 4.58. The molecule has 0 saturated carbocycles. The molecular weight excluding hydrogens is 552 g/mol. The molecule has 212 valence electrons. The average Bonchev–Trinajstić information content (AvgIpc) is 3.59. The van der Waals surface area contributed by atoms with Crippen molar-refractivity contribution in [2.75, 3.05) is 4.90 Å². The van der Waals surface area contributed by atoms with Crippen LogP contribution in [0, 0.1) is 0 Å². The Morgan fingerprint density at radius 1 is 0.489 bits per heavy atom. The normalized spacial score (nSPS) is 14.1. The number of rotatable bonds is 2. The summed E-state index contributed by atoms with van der Waals surface area (Å²) in [4.78, 5) is 23.3. The zero-order valence-corrected chi connectivity index (χ0v) is 24.7. The molecule has 0 radical (unpaired) electrons. The number of anilines is 3. The molecule has 0 fully saturated rings. The van der Waals surface area contributed by atoms with Crippen molar-refractivity contribution in [1.82, 2.24) is 24.5 Å². The number of aromatic nitrogens is 5. The monoisotopic (exact) mass is 578 g/mol. The second-order valence-corrected chi connectivity index (χ2v) is 12.4. The van der Waals surface area contributed by atoms with Crippen LogP contribution < -0.4 is 4.90 Å². The van der Waals surface area contributed by atoms with E-state index in [1.54, 1.807) is 0 Å². The topological polar surface area (TPSA) is 59.7 Å². The van der Waals surface area contributed by atoms with Crippen LogP contribution in [0.4, 0.5) is 17.3 Å². The van der Waals surface area contributed by atoms with Gasteiger partial charge in [-0.1, -0.05) is 111 Å². The summed E-state index contributed by atoms with van der Waals surface area (Å²) in [5.41, 5.74) is 11.0. The van der Waals surface area contributed by atoms with E-state index >= 15 is 0 Å². The van der Waals surface area contributed by atoms with Crippen LogP contribution in [0.1, 0.15) is 25.0 Å². The van der Waals surface area contributed by atoms with Gasteiger partial charge < -0.3 is 0 Å². The number of nitrogens with zero attached hydrogens (tertiary/aromatic N) is 6. The first kappa shape index (κ1) is 24.6. The van der Waals surface area contributed by atoms with Gasteiger partial charge in [-0.2, -0.15) is 9.97 Å². The van der Waals surface area contributed by atoms with Crippen molar-refractivity contribution < 1.29 is 0 Å². The molecule has 0 atom stereocenters. The van der Waals surface area contributed by atoms with Gasteiger partial charge in [-0.25, -0.2) is 9.97 Å². The zero-order valence-electron chi connectivity index (χ0n) is 24.7. The lowest BCUT2D eigenvalue weighted by Crippen LogP contribution is -2.31. The molecule has 6 heteroatoms. The molecule has 0 saturated heterocycles. The fourth-order valence-electron chi connectivity index (χ4n) is 7.52. The smallest absolute Gasteiger partial charge is 0.237 e. The highest BCUT2D eigenvalue weighted by Gasteiger charge is 2.38. The molecule has 0 bridgehead atoms. The maximum absolute atomic E-state index is 5.30. The molecule has 5 aromatic carbocycles. The van der Waals surface area contributed by atoms with Crippen LogP contribution in [-0.4, -0.2) is 24.5 Å². The van der Waals surface area contributed by atoms with Crippen LogP contribution in [0.3, 0.4) is 0 Å². The molecule has 8 aromatic rings. The van der Waals surface area contributed by atoms with Gasteiger partial charge in [0.2, 0.25) is 11.9 Å². The molecule has 0 amide bonds. The molecule has 6 nitrogen and oxygen atoms in total. The highest BCUT2D eigenvalue weighted by molar-refractivity contribution is 6.12. The fraction of sp³-hybridized carbons (Fsp3) is 0.0769. The number of para-hydroxylation sites is 4. The van der Waals surface area contributed by atoms with E-state index in [0.29, 0.717) is 17.5 Å². The van der Waals surface area contributed by atoms with Gasteiger partial charge in [0.1, 0.15) is 0 Å². The summed E-state index contributed by atoms with van der Waals surface area (Å²) in [5.74, 6) is 1.20. The first-order chi connectivity index (χ1) is 22.1. The minimum absolute atomic E-state index is 0.178. The summed E-state index contributed by atoms with van der Waals surface area (Å²) in [5, 5.41) is 3.23. The molecule has 2 aliphatic rings. The van der Waals surface area contributed by atoms with E-state index in [9.17, 15) is 0 Å². The second-order valence-electron chi connectivity index (χ2n) is 12.4. The molecule has 0 N–H and O–H groups in total. The lowest BCUT2D eigenvalue weighted by Gasteiger charge is -2.40. The quantitative estimate of drug-likeness (QED) is 0.205. The molecular formula is C39H26N6. The van der Waals surface area contributed by atoms with Crippen molar-refractivity contribution in [1.29, 1.82) is 0 Å². The van der Waals surface area contributed by atoms with Gasteiger partial charge in [0.25, 0.3) is 0 Å². The maximum Gasteiger partial charge on any atom is 0.237 e. The van der Waals surface area contributed by atoms with Crippen molar-refractivity contribution in [2.45, 2.75) is 19.3 Å². The van der Waals surface area contributed by atoms with Gasteiger partial charge in [0.15, 0.2) is 5.65 Å². The Bertz CT molecular complexity index is 2440. The molecule has 1 aliphatic carbocycles. The Hall–Kier alpha value is -5.88. The van der Waals surface area contributed by atoms with E-state index in [-0.39, 0.29) is 5.41 Å². The fourth-order valence-corrected chi connectivity index (χ4v) is 7.52. The Labute approximate surface area is 259 Å². The minimum Gasteiger partial charge on any atom is -0.278 e. The van der Waals surface area contributed by atoms with Crippen LogP contribution in [0.5, 0.6) is 0 Å². The third-order valence-corrected chi connectivity index (χ3v) is 9.59. The maximum atomic E-state index is 5.30. The Balaban J connectivity index is 1.30. The Morgan fingerprint density at radius 2 is 0.956 bits per heavy atom. The first-order valence-corrected chi connectivity index (χ1v) is 15.3. The van der Waals surface area contributed by atoms with E-state index < -0.39 is 0 Å². The molecule has 45 heavy (non-hydrogen) atoms. The van der Waals surface area contributed by atoms with Crippen LogP contribution in [-0.2, 0) is 5.41 Å². The average molecular weight is 579 g/mol. The predicted molar refractivity (Wildman–Crippen MR) is 181 cm³/mol. The number of benzene rings is 5. The van der Waals surface area contributed by atoms with Crippen LogP contribution in [0.15, 0.2) is 121 Å². The van der Waals surface area contributed by atoms with E-state index in [1.807, 2.05) is 0 Å². The van der Waals surface area contributed by atoms with E-state index in [0.717, 1.165) is 50.3 Å². The van der Waals surface area contributed by atoms with Crippen LogP contribution in [0.2, 0.25) is 0 Å². The van der Waals surface area contributed by atoms with E-state index in [1.165, 1.54) is 21.9 Å². The SMILES string of the molecule is CC1(C)c2ccccc2N(c2nc3c4c(nc(-n5c6ccccc6c6ccccc65)nc4n2)-c2ccccc2-3)c2ccccc21. The predicted octanol–water partition coefficient (Wildman–Crippen LogP) is 9.27. The Morgan fingerprint density at radius 3 is 1.56 bits per heavy atom. The molecule has 3 aromatic heterocycles. The number of hydrogen-bond donors (Lipinski definition) is 0. The summed E-state index contributed by atoms with van der Waals surface area (Å²) >= 11 is 0. The second kappa shape index (κ2) is 8.61. The minimum atomic E-state index is -0.178. The summed E-state index contributed by atoms with van der Waals surface area (Å²) in [7, 11) is 0. The van der Waals surface area contributed by atoms with Gasteiger partial charge in [0.05, 0.1) is 39.2 Å². The first-order valence-electron chi connectivity index (χ1n) is 15.3. The lowest BCUT2D eigenvalue weighted by molar-refractivity contribution is 0.631. The van der Waals surface area contributed by atoms with Crippen molar-refractivity contribution in [2.24, 2.45) is 0 Å². The summed E-state index contributed by atoms with van der Waals surface area (Å²) < 4.78 is 2.16. The van der Waals surface area contributed by atoms with E-state index in [4.69, 9.17) is 19.9 Å². The largest absolute Gasteiger partial charge is 0.278 e. The number of hydrogen-bond acceptors (Lipinski definition) is 5. The van der Waals surface area contributed by atoms with Crippen molar-refractivity contribution in [3.8, 4) is 28.5 Å². The number of fused-ring (bicyclic) bond motifs is 8. The molecule has 1 aliphatic heterocycles. The van der Waals surface area contributed by atoms with Crippen molar-refractivity contribution in [3.63, 3.8) is 0 Å². The van der Waals surface area contributed by atoms with Crippen LogP contribution in [0.25, 0.3) is 61.3 Å². The molecule has 4 heterocycles. The van der Waals surface area contributed by atoms with Gasteiger partial charge in [0, 0.05) is 27.3 Å². The van der Waals surface area contributed by atoms with Crippen molar-refractivity contribution in [3.05, 3.63) is 132 Å². The molecule has 0 spiro atoms. The van der Waals surface area contributed by atoms with Gasteiger partial charge in [-0.3, -0.25) is 9.47 Å². The van der Waals surface area contributed by atoms with Gasteiger partial charge in [-0.15, -0.1) is 0 Å².